The van der Waals surface area contributed by atoms with Gasteiger partial charge < -0.3 is 0 Å². The lowest BCUT2D eigenvalue weighted by Crippen LogP contribution is -2.18. The van der Waals surface area contributed by atoms with Gasteiger partial charge in [-0.2, -0.15) is 0 Å². The molecule has 0 heterocycles. The lowest BCUT2D eigenvalue weighted by atomic mass is 10.1. The molecule has 0 saturated carbocycles. The summed E-state index contributed by atoms with van der Waals surface area (Å²) in [5.41, 5.74) is 0.0363. The molecule has 0 N–H and O–H groups in total. The molecule has 0 spiro atoms. The van der Waals surface area contributed by atoms with Crippen molar-refractivity contribution in [3.05, 3.63) is 45.5 Å². The van der Waals surface area contributed by atoms with E-state index >= 15 is 0 Å². The van der Waals surface area contributed by atoms with Crippen LogP contribution in [0.3, 0.4) is 0 Å². The van der Waals surface area contributed by atoms with Gasteiger partial charge in [0.25, 0.3) is 0 Å². The van der Waals surface area contributed by atoms with E-state index < -0.39 is 22.6 Å². The Hall–Kier alpha value is -1.52. The Labute approximate surface area is 79.5 Å². The molecule has 3 nitrogen and oxygen atoms in total. The number of nitro groups is 1. The van der Waals surface area contributed by atoms with Crippen molar-refractivity contribution in [1.82, 2.24) is 0 Å². The summed E-state index contributed by atoms with van der Waals surface area (Å²) in [5.74, 6) is -1.20. The molecule has 0 bridgehead atoms. The van der Waals surface area contributed by atoms with Crippen LogP contribution in [0.2, 0.25) is 0 Å². The average molecular weight is 201 g/mol. The van der Waals surface area contributed by atoms with E-state index in [1.165, 1.54) is 6.92 Å². The topological polar surface area (TPSA) is 43.1 Å². The Morgan fingerprint density at radius 1 is 1.50 bits per heavy atom. The highest BCUT2D eigenvalue weighted by atomic mass is 19.1. The van der Waals surface area contributed by atoms with Gasteiger partial charge in [-0.25, -0.2) is 8.78 Å². The van der Waals surface area contributed by atoms with Gasteiger partial charge in [0, 0.05) is 18.3 Å². The zero-order valence-corrected chi connectivity index (χ0v) is 7.54. The van der Waals surface area contributed by atoms with Crippen molar-refractivity contribution in [2.24, 2.45) is 0 Å². The summed E-state index contributed by atoms with van der Waals surface area (Å²) in [5, 5.41) is 10.3. The molecule has 0 amide bonds. The number of nitrogens with zero attached hydrogens (tertiary/aromatic N) is 1. The molecule has 0 aliphatic carbocycles. The highest BCUT2D eigenvalue weighted by Crippen LogP contribution is 2.12. The van der Waals surface area contributed by atoms with E-state index in [-0.39, 0.29) is 12.0 Å². The first-order chi connectivity index (χ1) is 6.50. The maximum atomic E-state index is 13.0. The molecule has 1 atom stereocenters. The summed E-state index contributed by atoms with van der Waals surface area (Å²) in [4.78, 5) is 9.77. The number of rotatable bonds is 3. The smallest absolute Gasteiger partial charge is 0.214 e. The molecule has 0 aromatic heterocycles. The van der Waals surface area contributed by atoms with Gasteiger partial charge in [-0.3, -0.25) is 10.1 Å². The van der Waals surface area contributed by atoms with Crippen molar-refractivity contribution in [1.29, 1.82) is 0 Å². The lowest BCUT2D eigenvalue weighted by Gasteiger charge is -2.04. The van der Waals surface area contributed by atoms with Crippen molar-refractivity contribution in [2.75, 3.05) is 0 Å². The van der Waals surface area contributed by atoms with Crippen molar-refractivity contribution in [3.8, 4) is 0 Å². The maximum absolute atomic E-state index is 13.0. The summed E-state index contributed by atoms with van der Waals surface area (Å²) in [7, 11) is 0. The first kappa shape index (κ1) is 10.6. The molecule has 1 aromatic rings. The van der Waals surface area contributed by atoms with Crippen LogP contribution in [0.15, 0.2) is 18.2 Å². The first-order valence-corrected chi connectivity index (χ1v) is 4.08. The molecular formula is C9H9F2NO2. The van der Waals surface area contributed by atoms with Gasteiger partial charge in [-0.05, 0) is 23.8 Å². The van der Waals surface area contributed by atoms with Crippen LogP contribution in [0.4, 0.5) is 8.78 Å². The fourth-order valence-electron chi connectivity index (χ4n) is 1.09. The lowest BCUT2D eigenvalue weighted by molar-refractivity contribution is -0.517. The van der Waals surface area contributed by atoms with E-state index in [0.717, 1.165) is 18.2 Å². The third-order valence-corrected chi connectivity index (χ3v) is 1.88. The van der Waals surface area contributed by atoms with E-state index in [4.69, 9.17) is 0 Å². The Bertz CT molecular complexity index is 355. The van der Waals surface area contributed by atoms with Crippen molar-refractivity contribution in [2.45, 2.75) is 19.4 Å². The fraction of sp³-hybridized carbons (Fsp3) is 0.333. The van der Waals surface area contributed by atoms with Crippen LogP contribution in [0.5, 0.6) is 0 Å². The Kier molecular flexibility index (Phi) is 3.11. The maximum Gasteiger partial charge on any atom is 0.214 e. The van der Waals surface area contributed by atoms with E-state index in [1.54, 1.807) is 0 Å². The molecule has 76 valence electrons. The average Bonchev–Trinajstić information content (AvgIpc) is 2.11. The van der Waals surface area contributed by atoms with Gasteiger partial charge in [0.15, 0.2) is 0 Å². The standard InChI is InChI=1S/C9H9F2NO2/c1-6(12(13)14)4-7-5-8(10)2-3-9(7)11/h2-3,5-6H,4H2,1H3. The summed E-state index contributed by atoms with van der Waals surface area (Å²) in [6.45, 7) is 1.35. The molecule has 1 rings (SSSR count). The molecule has 0 aliphatic heterocycles. The van der Waals surface area contributed by atoms with E-state index in [9.17, 15) is 18.9 Å². The zero-order valence-electron chi connectivity index (χ0n) is 7.54. The SMILES string of the molecule is CC(Cc1cc(F)ccc1F)[N+](=O)[O-]. The van der Waals surface area contributed by atoms with Crippen LogP contribution < -0.4 is 0 Å². The highest BCUT2D eigenvalue weighted by Gasteiger charge is 2.16. The molecule has 14 heavy (non-hydrogen) atoms. The summed E-state index contributed by atoms with van der Waals surface area (Å²) < 4.78 is 25.7. The second-order valence-electron chi connectivity index (χ2n) is 3.07. The predicted octanol–water partition coefficient (Wildman–Crippen LogP) is 2.17. The zero-order chi connectivity index (χ0) is 10.7. The Balaban J connectivity index is 2.85. The minimum atomic E-state index is -0.911. The molecule has 0 saturated heterocycles. The van der Waals surface area contributed by atoms with Crippen LogP contribution >= 0.6 is 0 Å². The monoisotopic (exact) mass is 201 g/mol. The molecule has 0 radical (unpaired) electrons. The van der Waals surface area contributed by atoms with Crippen LogP contribution in [0, 0.1) is 21.7 Å². The van der Waals surface area contributed by atoms with Gasteiger partial charge in [-0.15, -0.1) is 0 Å². The van der Waals surface area contributed by atoms with Gasteiger partial charge in [0.2, 0.25) is 6.04 Å². The summed E-state index contributed by atoms with van der Waals surface area (Å²) >= 11 is 0. The van der Waals surface area contributed by atoms with Crippen molar-refractivity contribution in [3.63, 3.8) is 0 Å². The number of halogens is 2. The number of hydrogen-bond donors (Lipinski definition) is 0. The molecule has 0 aliphatic rings. The highest BCUT2D eigenvalue weighted by molar-refractivity contribution is 5.19. The van der Waals surface area contributed by atoms with Crippen molar-refractivity contribution < 1.29 is 13.7 Å². The molecular weight excluding hydrogens is 192 g/mol. The van der Waals surface area contributed by atoms with E-state index in [0.29, 0.717) is 0 Å². The Morgan fingerprint density at radius 2 is 2.14 bits per heavy atom. The Morgan fingerprint density at radius 3 is 2.71 bits per heavy atom. The number of benzene rings is 1. The summed E-state index contributed by atoms with van der Waals surface area (Å²) in [6, 6.07) is 2.02. The molecule has 1 unspecified atom stereocenters. The second kappa shape index (κ2) is 4.13. The van der Waals surface area contributed by atoms with Gasteiger partial charge >= 0.3 is 0 Å². The van der Waals surface area contributed by atoms with Crippen molar-refractivity contribution >= 4 is 0 Å². The van der Waals surface area contributed by atoms with Crippen LogP contribution in [0.25, 0.3) is 0 Å². The largest absolute Gasteiger partial charge is 0.264 e. The molecule has 0 fully saturated rings. The normalized spacial score (nSPS) is 12.5. The quantitative estimate of drug-likeness (QED) is 0.555. The minimum absolute atomic E-state index is 0.0363. The van der Waals surface area contributed by atoms with Gasteiger partial charge in [0.05, 0.1) is 0 Å². The third kappa shape index (κ3) is 2.48. The number of hydrogen-bond acceptors (Lipinski definition) is 2. The fourth-order valence-corrected chi connectivity index (χ4v) is 1.09. The predicted molar refractivity (Wildman–Crippen MR) is 46.5 cm³/mol. The molecule has 1 aromatic carbocycles. The van der Waals surface area contributed by atoms with E-state index in [2.05, 4.69) is 0 Å². The third-order valence-electron chi connectivity index (χ3n) is 1.88. The minimum Gasteiger partial charge on any atom is -0.264 e. The van der Waals surface area contributed by atoms with Crippen LogP contribution in [-0.2, 0) is 6.42 Å². The van der Waals surface area contributed by atoms with Gasteiger partial charge in [0.1, 0.15) is 11.6 Å². The van der Waals surface area contributed by atoms with Crippen LogP contribution in [0.1, 0.15) is 12.5 Å². The summed E-state index contributed by atoms with van der Waals surface area (Å²) in [6.07, 6.45) is -0.101. The van der Waals surface area contributed by atoms with Gasteiger partial charge in [-0.1, -0.05) is 0 Å². The van der Waals surface area contributed by atoms with E-state index in [1.807, 2.05) is 0 Å². The van der Waals surface area contributed by atoms with Crippen LogP contribution in [-0.4, -0.2) is 11.0 Å². The second-order valence-corrected chi connectivity index (χ2v) is 3.07. The molecule has 5 heteroatoms. The first-order valence-electron chi connectivity index (χ1n) is 4.08.